The van der Waals surface area contributed by atoms with E-state index in [2.05, 4.69) is 41.7 Å². The molecule has 0 aliphatic rings. The molecular formula is C16H29N3O. The number of likely N-dealkylation sites (N-methyl/N-ethyl adjacent to an activating group) is 1. The zero-order valence-electron chi connectivity index (χ0n) is 13.1. The van der Waals surface area contributed by atoms with Crippen molar-refractivity contribution in [3.8, 4) is 0 Å². The molecule has 0 amide bonds. The summed E-state index contributed by atoms with van der Waals surface area (Å²) in [7, 11) is 3.81. The van der Waals surface area contributed by atoms with E-state index in [4.69, 9.17) is 0 Å². The van der Waals surface area contributed by atoms with Crippen molar-refractivity contribution in [2.45, 2.75) is 32.4 Å². The van der Waals surface area contributed by atoms with Crippen molar-refractivity contribution >= 4 is 0 Å². The normalized spacial score (nSPS) is 14.8. The van der Waals surface area contributed by atoms with E-state index >= 15 is 0 Å². The van der Waals surface area contributed by atoms with Crippen LogP contribution in [0.15, 0.2) is 30.3 Å². The van der Waals surface area contributed by atoms with Gasteiger partial charge in [-0.05, 0) is 32.0 Å². The molecule has 2 atom stereocenters. The van der Waals surface area contributed by atoms with Crippen LogP contribution in [0.3, 0.4) is 0 Å². The molecule has 0 bridgehead atoms. The van der Waals surface area contributed by atoms with E-state index in [1.54, 1.807) is 0 Å². The van der Waals surface area contributed by atoms with Crippen molar-refractivity contribution in [2.75, 3.05) is 27.2 Å². The third kappa shape index (κ3) is 6.01. The molecule has 3 N–H and O–H groups in total. The summed E-state index contributed by atoms with van der Waals surface area (Å²) in [4.78, 5) is 0. The second kappa shape index (κ2) is 9.08. The molecule has 1 rings (SSSR count). The van der Waals surface area contributed by atoms with Gasteiger partial charge in [-0.2, -0.15) is 0 Å². The Balaban J connectivity index is 2.55. The number of nitrogens with one attached hydrogen (secondary N) is 2. The van der Waals surface area contributed by atoms with Crippen molar-refractivity contribution in [1.82, 2.24) is 15.8 Å². The maximum absolute atomic E-state index is 10.4. The number of hydrogen-bond acceptors (Lipinski definition) is 4. The van der Waals surface area contributed by atoms with Crippen LogP contribution in [0.25, 0.3) is 0 Å². The van der Waals surface area contributed by atoms with Gasteiger partial charge < -0.3 is 10.4 Å². The molecule has 0 aromatic heterocycles. The van der Waals surface area contributed by atoms with Crippen molar-refractivity contribution in [3.63, 3.8) is 0 Å². The van der Waals surface area contributed by atoms with Crippen LogP contribution in [0, 0.1) is 5.92 Å². The number of aliphatic hydroxyl groups excluding tert-OH is 1. The number of hydrazine groups is 1. The van der Waals surface area contributed by atoms with Gasteiger partial charge in [0, 0.05) is 19.1 Å². The molecule has 0 saturated carbocycles. The average molecular weight is 279 g/mol. The molecule has 1 aromatic rings. The molecular weight excluding hydrogens is 250 g/mol. The van der Waals surface area contributed by atoms with Crippen LogP contribution >= 0.6 is 0 Å². The van der Waals surface area contributed by atoms with Crippen molar-refractivity contribution in [1.29, 1.82) is 0 Å². The highest BCUT2D eigenvalue weighted by Crippen LogP contribution is 2.07. The Morgan fingerprint density at radius 2 is 1.75 bits per heavy atom. The Kier molecular flexibility index (Phi) is 7.77. The van der Waals surface area contributed by atoms with E-state index in [9.17, 15) is 5.11 Å². The summed E-state index contributed by atoms with van der Waals surface area (Å²) in [6.07, 6.45) is 0.420. The first-order chi connectivity index (χ1) is 9.56. The zero-order valence-corrected chi connectivity index (χ0v) is 13.1. The number of aliphatic hydroxyl groups is 1. The molecule has 0 aliphatic carbocycles. The number of nitrogens with zero attached hydrogens (tertiary/aromatic N) is 1. The molecule has 0 saturated heterocycles. The summed E-state index contributed by atoms with van der Waals surface area (Å²) < 4.78 is 0. The fourth-order valence-electron chi connectivity index (χ4n) is 2.35. The van der Waals surface area contributed by atoms with Crippen LogP contribution in [-0.4, -0.2) is 49.4 Å². The van der Waals surface area contributed by atoms with E-state index < -0.39 is 6.10 Å². The monoisotopic (exact) mass is 279 g/mol. The third-order valence-electron chi connectivity index (χ3n) is 3.44. The second-order valence-electron chi connectivity index (χ2n) is 5.67. The molecule has 0 aliphatic heterocycles. The topological polar surface area (TPSA) is 47.5 Å². The van der Waals surface area contributed by atoms with Crippen LogP contribution in [0.5, 0.6) is 0 Å². The lowest BCUT2D eigenvalue weighted by Crippen LogP contribution is -2.50. The van der Waals surface area contributed by atoms with Gasteiger partial charge in [-0.1, -0.05) is 44.2 Å². The van der Waals surface area contributed by atoms with E-state index in [1.807, 2.05) is 32.3 Å². The summed E-state index contributed by atoms with van der Waals surface area (Å²) in [6, 6.07) is 10.3. The lowest BCUT2D eigenvalue weighted by atomic mass is 10.0. The highest BCUT2D eigenvalue weighted by atomic mass is 16.3. The van der Waals surface area contributed by atoms with E-state index in [-0.39, 0.29) is 6.04 Å². The van der Waals surface area contributed by atoms with Gasteiger partial charge in [0.05, 0.1) is 6.10 Å². The second-order valence-corrected chi connectivity index (χ2v) is 5.67. The molecule has 0 spiro atoms. The van der Waals surface area contributed by atoms with Gasteiger partial charge in [-0.25, -0.2) is 5.01 Å². The molecule has 4 heteroatoms. The summed E-state index contributed by atoms with van der Waals surface area (Å²) >= 11 is 0. The molecule has 0 heterocycles. The van der Waals surface area contributed by atoms with Crippen LogP contribution < -0.4 is 10.7 Å². The Hall–Kier alpha value is -0.940. The third-order valence-corrected chi connectivity index (χ3v) is 3.44. The van der Waals surface area contributed by atoms with Gasteiger partial charge in [0.15, 0.2) is 0 Å². The van der Waals surface area contributed by atoms with Crippen LogP contribution in [0.4, 0.5) is 0 Å². The fraction of sp³-hybridized carbons (Fsp3) is 0.625. The molecule has 0 radical (unpaired) electrons. The van der Waals surface area contributed by atoms with Gasteiger partial charge in [0.2, 0.25) is 0 Å². The molecule has 114 valence electrons. The summed E-state index contributed by atoms with van der Waals surface area (Å²) in [6.45, 7) is 5.90. The maximum atomic E-state index is 10.4. The predicted molar refractivity (Wildman–Crippen MR) is 84.5 cm³/mol. The first kappa shape index (κ1) is 17.1. The zero-order chi connectivity index (χ0) is 15.0. The van der Waals surface area contributed by atoms with Crippen LogP contribution in [-0.2, 0) is 6.42 Å². The lowest BCUT2D eigenvalue weighted by molar-refractivity contribution is 0.0567. The van der Waals surface area contributed by atoms with Gasteiger partial charge in [-0.3, -0.25) is 5.43 Å². The van der Waals surface area contributed by atoms with Gasteiger partial charge in [0.1, 0.15) is 0 Å². The molecule has 1 unspecified atom stereocenters. The minimum absolute atomic E-state index is 0.0559. The number of rotatable bonds is 9. The lowest BCUT2D eigenvalue weighted by Gasteiger charge is -2.29. The first-order valence-corrected chi connectivity index (χ1v) is 7.38. The van der Waals surface area contributed by atoms with Gasteiger partial charge in [0.25, 0.3) is 0 Å². The first-order valence-electron chi connectivity index (χ1n) is 7.38. The number of benzene rings is 1. The largest absolute Gasteiger partial charge is 0.390 e. The van der Waals surface area contributed by atoms with Gasteiger partial charge in [-0.15, -0.1) is 0 Å². The van der Waals surface area contributed by atoms with E-state index in [0.717, 1.165) is 13.0 Å². The van der Waals surface area contributed by atoms with E-state index in [0.29, 0.717) is 12.5 Å². The highest BCUT2D eigenvalue weighted by Gasteiger charge is 2.20. The van der Waals surface area contributed by atoms with Crippen molar-refractivity contribution < 1.29 is 5.11 Å². The molecule has 0 fully saturated rings. The average Bonchev–Trinajstić information content (AvgIpc) is 2.44. The minimum atomic E-state index is -0.411. The van der Waals surface area contributed by atoms with Gasteiger partial charge >= 0.3 is 0 Å². The minimum Gasteiger partial charge on any atom is -0.390 e. The highest BCUT2D eigenvalue weighted by molar-refractivity contribution is 5.16. The maximum Gasteiger partial charge on any atom is 0.0837 e. The fourth-order valence-corrected chi connectivity index (χ4v) is 2.35. The quantitative estimate of drug-likeness (QED) is 0.596. The standard InChI is InChI=1S/C16H29N3O/c1-13(2)11-19(18-4)12-16(20)15(17-3)10-14-8-6-5-7-9-14/h5-9,13,15-18,20H,10-12H2,1-4H3/t15?,16-/m0/s1. The molecule has 4 nitrogen and oxygen atoms in total. The summed E-state index contributed by atoms with van der Waals surface area (Å²) in [5.41, 5.74) is 4.39. The Labute approximate surface area is 123 Å². The summed E-state index contributed by atoms with van der Waals surface area (Å²) in [5.74, 6) is 0.566. The van der Waals surface area contributed by atoms with Crippen molar-refractivity contribution in [3.05, 3.63) is 35.9 Å². The van der Waals surface area contributed by atoms with E-state index in [1.165, 1.54) is 5.56 Å². The summed E-state index contributed by atoms with van der Waals surface area (Å²) in [5, 5.41) is 15.7. The predicted octanol–water partition coefficient (Wildman–Crippen LogP) is 1.27. The molecule has 1 aromatic carbocycles. The Bertz CT molecular complexity index is 356. The Morgan fingerprint density at radius 1 is 1.10 bits per heavy atom. The van der Waals surface area contributed by atoms with Crippen LogP contribution in [0.1, 0.15) is 19.4 Å². The number of hydrogen-bond donors (Lipinski definition) is 3. The smallest absolute Gasteiger partial charge is 0.0837 e. The van der Waals surface area contributed by atoms with Crippen LogP contribution in [0.2, 0.25) is 0 Å². The SMILES string of the molecule is CNC(Cc1ccccc1)[C@@H](O)CN(CC(C)C)NC. The van der Waals surface area contributed by atoms with Crippen molar-refractivity contribution in [2.24, 2.45) is 5.92 Å². The Morgan fingerprint density at radius 3 is 2.25 bits per heavy atom. The molecule has 20 heavy (non-hydrogen) atoms.